The Bertz CT molecular complexity index is 1590. The van der Waals surface area contributed by atoms with E-state index in [9.17, 15) is 14.7 Å². The van der Waals surface area contributed by atoms with E-state index >= 15 is 0 Å². The molecule has 4 aliphatic carbocycles. The van der Waals surface area contributed by atoms with Gasteiger partial charge in [-0.25, -0.2) is 9.67 Å². The first kappa shape index (κ1) is 40.4. The summed E-state index contributed by atoms with van der Waals surface area (Å²) in [7, 11) is 2.00. The van der Waals surface area contributed by atoms with Gasteiger partial charge in [0.2, 0.25) is 5.82 Å². The number of carboxylic acid groups (broad SMARTS) is 1. The van der Waals surface area contributed by atoms with Gasteiger partial charge in [-0.2, -0.15) is 5.10 Å². The van der Waals surface area contributed by atoms with E-state index in [1.807, 2.05) is 25.6 Å². The van der Waals surface area contributed by atoms with Gasteiger partial charge in [0, 0.05) is 22.4 Å². The zero-order chi connectivity index (χ0) is 39.1. The highest BCUT2D eigenvalue weighted by Gasteiger charge is 2.72. The van der Waals surface area contributed by atoms with E-state index < -0.39 is 17.3 Å². The van der Waals surface area contributed by atoms with Crippen molar-refractivity contribution < 1.29 is 24.2 Å². The molecule has 4 fully saturated rings. The predicted octanol–water partition coefficient (Wildman–Crippen LogP) is 7.57. The number of nitrogens with zero attached hydrogens (tertiary/aromatic N) is 3. The lowest BCUT2D eigenvalue weighted by Gasteiger charge is -2.71. The highest BCUT2D eigenvalue weighted by atomic mass is 16.5. The van der Waals surface area contributed by atoms with E-state index in [4.69, 9.17) is 14.6 Å². The average molecular weight is 738 g/mol. The number of aliphatic carboxylic acids is 1. The summed E-state index contributed by atoms with van der Waals surface area (Å²) in [4.78, 5) is 31.8. The van der Waals surface area contributed by atoms with Crippen LogP contribution in [0.3, 0.4) is 0 Å². The van der Waals surface area contributed by atoms with Gasteiger partial charge in [0.05, 0.1) is 37.9 Å². The first-order valence-corrected chi connectivity index (χ1v) is 20.7. The maximum atomic E-state index is 13.7. The minimum Gasteiger partial charge on any atom is -0.481 e. The Hall–Kier alpha value is -2.30. The lowest BCUT2D eigenvalue weighted by Crippen LogP contribution is -2.69. The van der Waals surface area contributed by atoms with Gasteiger partial charge >= 0.3 is 5.97 Å². The highest BCUT2D eigenvalue weighted by Crippen LogP contribution is 2.75. The Kier molecular flexibility index (Phi) is 10.4. The van der Waals surface area contributed by atoms with Crippen LogP contribution < -0.4 is 10.6 Å². The number of aromatic nitrogens is 3. The van der Waals surface area contributed by atoms with Gasteiger partial charge in [-0.15, -0.1) is 0 Å². The van der Waals surface area contributed by atoms with Gasteiger partial charge in [-0.05, 0) is 112 Å². The molecule has 1 saturated heterocycles. The summed E-state index contributed by atoms with van der Waals surface area (Å²) in [6.45, 7) is 28.4. The smallest absolute Gasteiger partial charge is 0.307 e. The number of amides is 1. The van der Waals surface area contributed by atoms with E-state index in [0.29, 0.717) is 49.3 Å². The van der Waals surface area contributed by atoms with Gasteiger partial charge in [-0.1, -0.05) is 74.0 Å². The lowest BCUT2D eigenvalue weighted by atomic mass is 9.34. The molecule has 2 bridgehead atoms. The van der Waals surface area contributed by atoms with Crippen LogP contribution in [-0.4, -0.2) is 76.3 Å². The van der Waals surface area contributed by atoms with E-state index in [1.54, 1.807) is 0 Å². The summed E-state index contributed by atoms with van der Waals surface area (Å²) < 4.78 is 15.8. The highest BCUT2D eigenvalue weighted by molar-refractivity contribution is 5.90. The number of rotatable bonds is 11. The molecule has 1 amide bonds. The molecule has 1 aromatic heterocycles. The van der Waals surface area contributed by atoms with Crippen LogP contribution in [0.1, 0.15) is 138 Å². The third kappa shape index (κ3) is 5.88. The van der Waals surface area contributed by atoms with Crippen molar-refractivity contribution in [3.8, 4) is 0 Å². The van der Waals surface area contributed by atoms with Crippen molar-refractivity contribution in [1.29, 1.82) is 0 Å². The van der Waals surface area contributed by atoms with Crippen molar-refractivity contribution in [3.05, 3.63) is 23.8 Å². The van der Waals surface area contributed by atoms with Crippen LogP contribution in [-0.2, 0) is 14.3 Å². The molecule has 10 heteroatoms. The van der Waals surface area contributed by atoms with Crippen molar-refractivity contribution >= 4 is 11.9 Å². The fourth-order valence-corrected chi connectivity index (χ4v) is 12.9. The Morgan fingerprint density at radius 2 is 1.75 bits per heavy atom. The van der Waals surface area contributed by atoms with Gasteiger partial charge in [-0.3, -0.25) is 9.59 Å². The van der Waals surface area contributed by atoms with Gasteiger partial charge in [0.15, 0.2) is 0 Å². The number of hydrogen-bond donors (Lipinski definition) is 3. The molecular weight excluding hydrogens is 667 g/mol. The number of fused-ring (bicyclic) bond motifs is 3. The minimum atomic E-state index is -0.642. The summed E-state index contributed by atoms with van der Waals surface area (Å²) in [5.41, 5.74) is -0.320. The summed E-state index contributed by atoms with van der Waals surface area (Å²) in [5.74, 6) is 0.578. The molecule has 1 aromatic rings. The molecular formula is C43H71N5O5. The molecule has 1 aliphatic heterocycles. The second-order valence-corrected chi connectivity index (χ2v) is 20.3. The van der Waals surface area contributed by atoms with E-state index in [0.717, 1.165) is 38.5 Å². The number of carboxylic acids is 1. The third-order valence-electron chi connectivity index (χ3n) is 17.0. The number of ether oxygens (including phenoxy) is 2. The molecule has 298 valence electrons. The van der Waals surface area contributed by atoms with Crippen LogP contribution in [0.15, 0.2) is 18.0 Å². The van der Waals surface area contributed by atoms with Crippen molar-refractivity contribution in [3.63, 3.8) is 0 Å². The monoisotopic (exact) mass is 738 g/mol. The Balaban J connectivity index is 1.48. The van der Waals surface area contributed by atoms with Gasteiger partial charge in [0.25, 0.3) is 5.91 Å². The molecule has 53 heavy (non-hydrogen) atoms. The van der Waals surface area contributed by atoms with Crippen molar-refractivity contribution in [2.45, 2.75) is 145 Å². The Morgan fingerprint density at radius 1 is 1.06 bits per heavy atom. The number of likely N-dealkylation sites (N-methyl/N-ethyl adjacent to an activating group) is 1. The topological polar surface area (TPSA) is 128 Å². The molecule has 0 radical (unpaired) electrons. The first-order valence-electron chi connectivity index (χ1n) is 20.7. The summed E-state index contributed by atoms with van der Waals surface area (Å²) in [6, 6.07) is -0.295. The average Bonchev–Trinajstić information content (AvgIpc) is 3.57. The number of hydrogen-bond acceptors (Lipinski definition) is 7. The lowest BCUT2D eigenvalue weighted by molar-refractivity contribution is -0.253. The predicted molar refractivity (Wildman–Crippen MR) is 207 cm³/mol. The zero-order valence-electron chi connectivity index (χ0n) is 35.1. The standard InChI is InChI=1S/C43H71N5O5/c1-25(2)28(7)38(8)18-19-40(10)29-14-15-32-39(9)21-52-23-43(32,30(29)16-17-41(40,11)33(38)37(50)51)20-31(34(39)53-22-42(12,44-13)26(3)4)48-35(45-24-46-48)36(49)47-27(5)6/h16,24-29,31-34,44H,14-15,17-23H2,1-13H3,(H,47,49)(H,50,51)/t28-,29+,31-,32+,33-,34?,38-,39-,40-,41+,42+,43+/m1/s1. The zero-order valence-corrected chi connectivity index (χ0v) is 35.1. The fourth-order valence-electron chi connectivity index (χ4n) is 12.9. The van der Waals surface area contributed by atoms with Gasteiger partial charge in [0.1, 0.15) is 6.33 Å². The van der Waals surface area contributed by atoms with E-state index in [-0.39, 0.29) is 57.2 Å². The SMILES string of the molecule is CN[C@@](C)(COC1[C@H](n2ncnc2C(=O)NC(C)C)C[C@@]23COC[C@]1(C)[C@@H]2CC[C@H]1C3=CC[C@@]2(C)[C@H](C(=O)O)[C@@](C)([C@H](C)C(C)C)CC[C@]12C)C(C)C. The number of nitrogens with one attached hydrogen (secondary N) is 2. The molecule has 5 aliphatic rings. The second kappa shape index (κ2) is 13.7. The van der Waals surface area contributed by atoms with Crippen LogP contribution in [0.4, 0.5) is 0 Å². The Morgan fingerprint density at radius 3 is 2.36 bits per heavy atom. The molecule has 2 heterocycles. The van der Waals surface area contributed by atoms with Crippen molar-refractivity contribution in [1.82, 2.24) is 25.4 Å². The minimum absolute atomic E-state index is 0.0428. The quantitative estimate of drug-likeness (QED) is 0.199. The van der Waals surface area contributed by atoms with E-state index in [2.05, 4.69) is 90.9 Å². The molecule has 1 unspecified atom stereocenters. The number of carbonyl (C=O) groups is 2. The molecule has 6 rings (SSSR count). The van der Waals surface area contributed by atoms with Crippen LogP contribution in [0.2, 0.25) is 0 Å². The molecule has 3 N–H and O–H groups in total. The molecule has 3 saturated carbocycles. The summed E-state index contributed by atoms with van der Waals surface area (Å²) in [6.07, 6.45) is 9.17. The largest absolute Gasteiger partial charge is 0.481 e. The van der Waals surface area contributed by atoms with E-state index in [1.165, 1.54) is 11.9 Å². The van der Waals surface area contributed by atoms with Crippen LogP contribution in [0, 0.1) is 62.6 Å². The summed E-state index contributed by atoms with van der Waals surface area (Å²) >= 11 is 0. The second-order valence-electron chi connectivity index (χ2n) is 20.3. The normalized spacial score (nSPS) is 41.2. The van der Waals surface area contributed by atoms with Crippen molar-refractivity contribution in [2.75, 3.05) is 26.9 Å². The molecule has 12 atom stereocenters. The number of carbonyl (C=O) groups excluding carboxylic acids is 1. The molecule has 0 aromatic carbocycles. The summed E-state index contributed by atoms with van der Waals surface area (Å²) in [5, 5.41) is 22.5. The first-order chi connectivity index (χ1) is 24.7. The Labute approximate surface area is 319 Å². The van der Waals surface area contributed by atoms with Crippen LogP contribution >= 0.6 is 0 Å². The number of allylic oxidation sites excluding steroid dienone is 1. The van der Waals surface area contributed by atoms with Crippen LogP contribution in [0.25, 0.3) is 0 Å². The third-order valence-corrected chi connectivity index (χ3v) is 17.0. The van der Waals surface area contributed by atoms with Crippen molar-refractivity contribution in [2.24, 2.45) is 62.6 Å². The molecule has 0 spiro atoms. The van der Waals surface area contributed by atoms with Crippen LogP contribution in [0.5, 0.6) is 0 Å². The maximum absolute atomic E-state index is 13.7. The molecule has 10 nitrogen and oxygen atoms in total. The fraction of sp³-hybridized carbons (Fsp3) is 0.860. The van der Waals surface area contributed by atoms with Gasteiger partial charge < -0.3 is 25.2 Å². The maximum Gasteiger partial charge on any atom is 0.307 e.